The minimum atomic E-state index is -5.81. The normalized spacial score (nSPS) is 11.4. The number of hydrogen-bond acceptors (Lipinski definition) is 15. The summed E-state index contributed by atoms with van der Waals surface area (Å²) < 4.78 is 61.3. The molecule has 0 saturated carbocycles. The van der Waals surface area contributed by atoms with E-state index < -0.39 is 46.5 Å². The van der Waals surface area contributed by atoms with Crippen molar-refractivity contribution in [1.29, 1.82) is 0 Å². The van der Waals surface area contributed by atoms with Gasteiger partial charge in [0.05, 0.1) is 21.3 Å². The maximum atomic E-state index is 11.2. The van der Waals surface area contributed by atoms with E-state index in [9.17, 15) is 43.1 Å². The molecule has 0 amide bonds. The number of benzene rings is 2. The van der Waals surface area contributed by atoms with Gasteiger partial charge in [-0.1, -0.05) is 12.2 Å². The quantitative estimate of drug-likeness (QED) is 0.144. The second-order valence-corrected chi connectivity index (χ2v) is 9.45. The molecule has 0 unspecified atom stereocenters. The fraction of sp³-hybridized carbons (Fsp3) is 0.176. The molecule has 0 aromatic heterocycles. The minimum absolute atomic E-state index is 0. The van der Waals surface area contributed by atoms with Gasteiger partial charge in [-0.05, 0) is 29.8 Å². The molecule has 0 fully saturated rings. The summed E-state index contributed by atoms with van der Waals surface area (Å²) in [6.45, 7) is 0. The standard InChI is InChI=1S/C17H21O15P3.3Zn/c1-27-12-7-6-11(15(31-34(21,22)23)17(12)32-35(24,25)26)5-4-10-8-13(28-2)16(29-3)14(9-10)30-33(18,19)20;;;/h4-9H,1-3H3,(H2,18,19,20)(H2,21,22,23)(H2,24,25,26);;;/q;3*+2/p-6/b5-4-;;;. The van der Waals surface area contributed by atoms with Crippen molar-refractivity contribution in [2.75, 3.05) is 21.3 Å². The van der Waals surface area contributed by atoms with Crippen LogP contribution in [0, 0.1) is 0 Å². The van der Waals surface area contributed by atoms with Crippen LogP contribution in [-0.4, -0.2) is 21.3 Å². The molecule has 0 N–H and O–H groups in total. The van der Waals surface area contributed by atoms with Crippen molar-refractivity contribution in [2.45, 2.75) is 0 Å². The summed E-state index contributed by atoms with van der Waals surface area (Å²) in [7, 11) is -13.7. The SMILES string of the molecule is COc1cc(/C=C\c2ccc(OC)c(OP(=O)([O-])[O-])c2OP(=O)([O-])[O-])cc(OP(=O)([O-])[O-])c1OC.[Zn+2].[Zn+2].[Zn+2]. The van der Waals surface area contributed by atoms with E-state index in [0.29, 0.717) is 0 Å². The molecule has 0 aliphatic heterocycles. The number of phosphoric acid groups is 3. The molecule has 15 nitrogen and oxygen atoms in total. The summed E-state index contributed by atoms with van der Waals surface area (Å²) >= 11 is 0. The van der Waals surface area contributed by atoms with Gasteiger partial charge in [0.25, 0.3) is 0 Å². The molecule has 0 saturated heterocycles. The van der Waals surface area contributed by atoms with Crippen molar-refractivity contribution < 1.29 is 129 Å². The molecule has 2 aromatic carbocycles. The van der Waals surface area contributed by atoms with Gasteiger partial charge in [0.2, 0.25) is 11.5 Å². The second-order valence-electron chi connectivity index (χ2n) is 6.22. The summed E-state index contributed by atoms with van der Waals surface area (Å²) in [4.78, 5) is 66.9. The zero-order valence-electron chi connectivity index (χ0n) is 20.1. The Labute approximate surface area is 254 Å². The first-order chi connectivity index (χ1) is 16.1. The summed E-state index contributed by atoms with van der Waals surface area (Å²) in [5.41, 5.74) is -0.210. The monoisotopic (exact) mass is 744 g/mol. The Kier molecular flexibility index (Phi) is 16.5. The molecule has 0 aliphatic rings. The number of rotatable bonds is 11. The Hall–Kier alpha value is -0.700. The first-order valence-corrected chi connectivity index (χ1v) is 13.2. The van der Waals surface area contributed by atoms with Crippen molar-refractivity contribution in [3.63, 3.8) is 0 Å². The van der Waals surface area contributed by atoms with E-state index in [2.05, 4.69) is 13.6 Å². The third-order valence-electron chi connectivity index (χ3n) is 3.87. The number of phosphoric ester groups is 3. The first-order valence-electron chi connectivity index (χ1n) is 8.87. The van der Waals surface area contributed by atoms with E-state index in [1.54, 1.807) is 0 Å². The van der Waals surface area contributed by atoms with Crippen LogP contribution >= 0.6 is 23.5 Å². The van der Waals surface area contributed by atoms with Gasteiger partial charge in [0.15, 0.2) is 23.0 Å². The predicted octanol–water partition coefficient (Wildman–Crippen LogP) is -1.50. The topological polar surface area (TPSA) is 245 Å². The van der Waals surface area contributed by atoms with Crippen LogP contribution in [0.2, 0.25) is 0 Å². The zero-order chi connectivity index (χ0) is 26.6. The van der Waals surface area contributed by atoms with Gasteiger partial charge in [-0.15, -0.1) is 0 Å². The molecule has 0 radical (unpaired) electrons. The van der Waals surface area contributed by atoms with Crippen LogP contribution in [0.25, 0.3) is 12.2 Å². The minimum Gasteiger partial charge on any atom is -0.780 e. The molecule has 0 aliphatic carbocycles. The average molecular weight is 748 g/mol. The van der Waals surface area contributed by atoms with Gasteiger partial charge < -0.3 is 70.8 Å². The predicted molar refractivity (Wildman–Crippen MR) is 106 cm³/mol. The molecular weight excluding hydrogens is 733 g/mol. The van der Waals surface area contributed by atoms with Gasteiger partial charge in [-0.2, -0.15) is 0 Å². The molecule has 194 valence electrons. The Morgan fingerprint density at radius 2 is 1.05 bits per heavy atom. The summed E-state index contributed by atoms with van der Waals surface area (Å²) in [5, 5.41) is 0. The number of hydrogen-bond donors (Lipinski definition) is 0. The van der Waals surface area contributed by atoms with Crippen LogP contribution in [0.15, 0.2) is 24.3 Å². The van der Waals surface area contributed by atoms with E-state index in [-0.39, 0.29) is 81.1 Å². The van der Waals surface area contributed by atoms with Crippen molar-refractivity contribution in [3.8, 4) is 34.5 Å². The Balaban J connectivity index is 0. The molecular formula is C17H15O15P3Zn3. The molecule has 2 aromatic rings. The van der Waals surface area contributed by atoms with Crippen molar-refractivity contribution >= 4 is 35.6 Å². The average Bonchev–Trinajstić information content (AvgIpc) is 2.70. The van der Waals surface area contributed by atoms with Gasteiger partial charge in [-0.3, -0.25) is 0 Å². The van der Waals surface area contributed by atoms with Crippen LogP contribution < -0.4 is 57.1 Å². The van der Waals surface area contributed by atoms with E-state index in [0.717, 1.165) is 38.5 Å². The molecule has 0 atom stereocenters. The van der Waals surface area contributed by atoms with E-state index in [1.807, 2.05) is 0 Å². The smallest absolute Gasteiger partial charge is 0.780 e. The Morgan fingerprint density at radius 3 is 1.50 bits per heavy atom. The van der Waals surface area contributed by atoms with Crippen LogP contribution in [0.3, 0.4) is 0 Å². The van der Waals surface area contributed by atoms with Crippen LogP contribution in [0.4, 0.5) is 0 Å². The zero-order valence-corrected chi connectivity index (χ0v) is 31.6. The van der Waals surface area contributed by atoms with Crippen molar-refractivity contribution in [2.24, 2.45) is 0 Å². The van der Waals surface area contributed by atoms with E-state index >= 15 is 0 Å². The third-order valence-corrected chi connectivity index (χ3v) is 5.10. The van der Waals surface area contributed by atoms with Crippen molar-refractivity contribution in [1.82, 2.24) is 0 Å². The van der Waals surface area contributed by atoms with Gasteiger partial charge in [-0.25, -0.2) is 0 Å². The van der Waals surface area contributed by atoms with Crippen LogP contribution in [-0.2, 0) is 72.1 Å². The van der Waals surface area contributed by atoms with Crippen LogP contribution in [0.5, 0.6) is 34.5 Å². The molecule has 0 spiro atoms. The number of methoxy groups -OCH3 is 3. The summed E-state index contributed by atoms with van der Waals surface area (Å²) in [6.07, 6.45) is 2.24. The summed E-state index contributed by atoms with van der Waals surface area (Å²) in [6, 6.07) is 4.53. The van der Waals surface area contributed by atoms with Crippen LogP contribution in [0.1, 0.15) is 11.1 Å². The first kappa shape index (κ1) is 39.4. The molecule has 0 heterocycles. The Bertz CT molecular complexity index is 1250. The Morgan fingerprint density at radius 1 is 0.579 bits per heavy atom. The fourth-order valence-electron chi connectivity index (χ4n) is 2.68. The van der Waals surface area contributed by atoms with Gasteiger partial charge in [0, 0.05) is 5.56 Å². The summed E-state index contributed by atoms with van der Waals surface area (Å²) in [5.74, 6) is -3.30. The third kappa shape index (κ3) is 12.2. The maximum absolute atomic E-state index is 11.2. The second kappa shape index (κ2) is 15.9. The fourth-order valence-corrected chi connectivity index (χ4v) is 3.86. The molecule has 21 heteroatoms. The molecule has 2 rings (SSSR count). The number of ether oxygens (including phenoxy) is 3. The van der Waals surface area contributed by atoms with Gasteiger partial charge >= 0.3 is 58.4 Å². The van der Waals surface area contributed by atoms with Gasteiger partial charge in [0.1, 0.15) is 23.5 Å². The maximum Gasteiger partial charge on any atom is 2.00 e. The molecule has 0 bridgehead atoms. The van der Waals surface area contributed by atoms with Crippen molar-refractivity contribution in [3.05, 3.63) is 35.4 Å². The van der Waals surface area contributed by atoms with E-state index in [4.69, 9.17) is 14.2 Å². The molecule has 38 heavy (non-hydrogen) atoms. The van der Waals surface area contributed by atoms with E-state index in [1.165, 1.54) is 19.3 Å². The largest absolute Gasteiger partial charge is 2.00 e.